The molecule has 2 rings (SSSR count). The topological polar surface area (TPSA) is 42.2 Å². The van der Waals surface area contributed by atoms with Crippen LogP contribution in [0.5, 0.6) is 0 Å². The van der Waals surface area contributed by atoms with Crippen molar-refractivity contribution in [3.8, 4) is 0 Å². The molecule has 0 radical (unpaired) electrons. The van der Waals surface area contributed by atoms with Crippen molar-refractivity contribution in [3.05, 3.63) is 54.2 Å². The zero-order valence-corrected chi connectivity index (χ0v) is 11.2. The monoisotopic (exact) mass is 279 g/mol. The smallest absolute Gasteiger partial charge is 0.237 e. The Morgan fingerprint density at radius 2 is 2.16 bits per heavy atom. The number of halogens is 1. The number of rotatable bonds is 5. The van der Waals surface area contributed by atoms with Crippen LogP contribution in [0.25, 0.3) is 0 Å². The van der Waals surface area contributed by atoms with Gasteiger partial charge in [0.2, 0.25) is 5.91 Å². The highest BCUT2D eigenvalue weighted by Gasteiger charge is 2.15. The molecule has 19 heavy (non-hydrogen) atoms. The number of anilines is 1. The molecule has 100 valence electrons. The molecule has 0 aliphatic rings. The SMILES string of the molecule is CC(SCc1ccco1)C(=O)Nc1ccccc1F. The number of carbonyl (C=O) groups excluding carboxylic acids is 1. The van der Waals surface area contributed by atoms with Crippen molar-refractivity contribution < 1.29 is 13.6 Å². The van der Waals surface area contributed by atoms with E-state index in [0.29, 0.717) is 5.75 Å². The Hall–Kier alpha value is -1.75. The van der Waals surface area contributed by atoms with E-state index in [0.717, 1.165) is 5.76 Å². The molecule has 1 aromatic carbocycles. The van der Waals surface area contributed by atoms with Gasteiger partial charge in [-0.15, -0.1) is 11.8 Å². The molecule has 0 spiro atoms. The van der Waals surface area contributed by atoms with Crippen molar-refractivity contribution >= 4 is 23.4 Å². The summed E-state index contributed by atoms with van der Waals surface area (Å²) in [6, 6.07) is 9.78. The van der Waals surface area contributed by atoms with Gasteiger partial charge in [-0.3, -0.25) is 4.79 Å². The molecule has 1 amide bonds. The predicted octanol–water partition coefficient (Wildman–Crippen LogP) is 3.68. The van der Waals surface area contributed by atoms with Gasteiger partial charge in [-0.25, -0.2) is 4.39 Å². The summed E-state index contributed by atoms with van der Waals surface area (Å²) in [4.78, 5) is 11.9. The second-order valence-electron chi connectivity index (χ2n) is 4.00. The van der Waals surface area contributed by atoms with Gasteiger partial charge in [-0.1, -0.05) is 12.1 Å². The molecule has 1 N–H and O–H groups in total. The van der Waals surface area contributed by atoms with E-state index < -0.39 is 5.82 Å². The summed E-state index contributed by atoms with van der Waals surface area (Å²) in [5, 5.41) is 2.29. The molecule has 1 unspecified atom stereocenters. The Labute approximate surface area is 115 Å². The van der Waals surface area contributed by atoms with E-state index in [2.05, 4.69) is 5.32 Å². The van der Waals surface area contributed by atoms with Crippen LogP contribution in [0.4, 0.5) is 10.1 Å². The first-order valence-corrected chi connectivity index (χ1v) is 6.91. The lowest BCUT2D eigenvalue weighted by Crippen LogP contribution is -2.23. The molecular formula is C14H14FNO2S. The minimum Gasteiger partial charge on any atom is -0.468 e. The summed E-state index contributed by atoms with van der Waals surface area (Å²) in [7, 11) is 0. The van der Waals surface area contributed by atoms with E-state index in [9.17, 15) is 9.18 Å². The van der Waals surface area contributed by atoms with Crippen molar-refractivity contribution in [1.82, 2.24) is 0 Å². The van der Waals surface area contributed by atoms with Crippen molar-refractivity contribution in [2.24, 2.45) is 0 Å². The fraction of sp³-hybridized carbons (Fsp3) is 0.214. The van der Waals surface area contributed by atoms with Crippen molar-refractivity contribution in [3.63, 3.8) is 0 Å². The van der Waals surface area contributed by atoms with Gasteiger partial charge < -0.3 is 9.73 Å². The van der Waals surface area contributed by atoms with E-state index in [1.165, 1.54) is 23.9 Å². The van der Waals surface area contributed by atoms with Gasteiger partial charge in [0.15, 0.2) is 0 Å². The van der Waals surface area contributed by atoms with Crippen LogP contribution in [0.15, 0.2) is 47.1 Å². The van der Waals surface area contributed by atoms with Crippen LogP contribution >= 0.6 is 11.8 Å². The molecule has 0 aliphatic heterocycles. The largest absolute Gasteiger partial charge is 0.468 e. The third kappa shape index (κ3) is 3.86. The van der Waals surface area contributed by atoms with E-state index in [1.54, 1.807) is 31.4 Å². The van der Waals surface area contributed by atoms with Gasteiger partial charge in [0.25, 0.3) is 0 Å². The molecule has 1 aromatic heterocycles. The summed E-state index contributed by atoms with van der Waals surface area (Å²) in [5.41, 5.74) is 0.206. The highest BCUT2D eigenvalue weighted by Crippen LogP contribution is 2.20. The molecule has 0 bridgehead atoms. The Morgan fingerprint density at radius 3 is 2.84 bits per heavy atom. The third-order valence-corrected chi connectivity index (χ3v) is 3.72. The van der Waals surface area contributed by atoms with E-state index in [-0.39, 0.29) is 16.8 Å². The number of hydrogen-bond acceptors (Lipinski definition) is 3. The molecular weight excluding hydrogens is 265 g/mol. The van der Waals surface area contributed by atoms with Crippen molar-refractivity contribution in [2.45, 2.75) is 17.9 Å². The Morgan fingerprint density at radius 1 is 1.37 bits per heavy atom. The predicted molar refractivity (Wildman–Crippen MR) is 74.5 cm³/mol. The Balaban J connectivity index is 1.87. The van der Waals surface area contributed by atoms with Crippen LogP contribution in [0.2, 0.25) is 0 Å². The Bertz CT molecular complexity index is 542. The van der Waals surface area contributed by atoms with Crippen LogP contribution in [0.1, 0.15) is 12.7 Å². The molecule has 0 saturated heterocycles. The molecule has 0 fully saturated rings. The first-order valence-electron chi connectivity index (χ1n) is 5.86. The average Bonchev–Trinajstić information content (AvgIpc) is 2.91. The number of nitrogens with one attached hydrogen (secondary N) is 1. The quantitative estimate of drug-likeness (QED) is 0.907. The zero-order valence-electron chi connectivity index (χ0n) is 10.4. The highest BCUT2D eigenvalue weighted by atomic mass is 32.2. The summed E-state index contributed by atoms with van der Waals surface area (Å²) < 4.78 is 18.6. The maximum atomic E-state index is 13.4. The summed E-state index contributed by atoms with van der Waals surface area (Å²) >= 11 is 1.44. The lowest BCUT2D eigenvalue weighted by molar-refractivity contribution is -0.115. The minimum atomic E-state index is -0.431. The molecule has 1 heterocycles. The number of hydrogen-bond donors (Lipinski definition) is 1. The average molecular weight is 279 g/mol. The fourth-order valence-electron chi connectivity index (χ4n) is 1.47. The summed E-state index contributed by atoms with van der Waals surface area (Å²) in [5.74, 6) is 0.773. The van der Waals surface area contributed by atoms with Gasteiger partial charge in [-0.05, 0) is 31.2 Å². The molecule has 3 nitrogen and oxygen atoms in total. The van der Waals surface area contributed by atoms with Crippen LogP contribution in [0, 0.1) is 5.82 Å². The van der Waals surface area contributed by atoms with Crippen LogP contribution in [0.3, 0.4) is 0 Å². The number of carbonyl (C=O) groups is 1. The first-order chi connectivity index (χ1) is 9.16. The van der Waals surface area contributed by atoms with Gasteiger partial charge in [0, 0.05) is 0 Å². The van der Waals surface area contributed by atoms with Crippen molar-refractivity contribution in [2.75, 3.05) is 5.32 Å². The van der Waals surface area contributed by atoms with E-state index in [1.807, 2.05) is 6.07 Å². The standard InChI is InChI=1S/C14H14FNO2S/c1-10(19-9-11-5-4-8-18-11)14(17)16-13-7-3-2-6-12(13)15/h2-8,10H,9H2,1H3,(H,16,17). The second kappa shape index (κ2) is 6.43. The molecule has 5 heteroatoms. The molecule has 2 aromatic rings. The number of benzene rings is 1. The number of para-hydroxylation sites is 1. The fourth-order valence-corrected chi connectivity index (χ4v) is 2.26. The van der Waals surface area contributed by atoms with Crippen LogP contribution in [-0.4, -0.2) is 11.2 Å². The lowest BCUT2D eigenvalue weighted by atomic mass is 10.3. The van der Waals surface area contributed by atoms with Gasteiger partial charge in [-0.2, -0.15) is 0 Å². The number of thioether (sulfide) groups is 1. The highest BCUT2D eigenvalue weighted by molar-refractivity contribution is 7.99. The normalized spacial score (nSPS) is 12.1. The lowest BCUT2D eigenvalue weighted by Gasteiger charge is -2.11. The van der Waals surface area contributed by atoms with Gasteiger partial charge in [0.05, 0.1) is 23.0 Å². The molecule has 0 aliphatic carbocycles. The molecule has 0 saturated carbocycles. The molecule has 1 atom stereocenters. The van der Waals surface area contributed by atoms with Crippen molar-refractivity contribution in [1.29, 1.82) is 0 Å². The summed E-state index contributed by atoms with van der Waals surface area (Å²) in [6.07, 6.45) is 1.60. The Kier molecular flexibility index (Phi) is 4.63. The first kappa shape index (κ1) is 13.7. The van der Waals surface area contributed by atoms with Gasteiger partial charge in [0.1, 0.15) is 11.6 Å². The maximum absolute atomic E-state index is 13.4. The third-order valence-electron chi connectivity index (χ3n) is 2.56. The zero-order chi connectivity index (χ0) is 13.7. The summed E-state index contributed by atoms with van der Waals surface area (Å²) in [6.45, 7) is 1.78. The number of amides is 1. The minimum absolute atomic E-state index is 0.206. The maximum Gasteiger partial charge on any atom is 0.237 e. The second-order valence-corrected chi connectivity index (χ2v) is 5.33. The number of furan rings is 1. The van der Waals surface area contributed by atoms with E-state index in [4.69, 9.17) is 4.42 Å². The van der Waals surface area contributed by atoms with Crippen LogP contribution < -0.4 is 5.32 Å². The van der Waals surface area contributed by atoms with Gasteiger partial charge >= 0.3 is 0 Å². The van der Waals surface area contributed by atoms with Crippen LogP contribution in [-0.2, 0) is 10.5 Å². The van der Waals surface area contributed by atoms with E-state index >= 15 is 0 Å².